The third-order valence-electron chi connectivity index (χ3n) is 4.19. The van der Waals surface area contributed by atoms with Gasteiger partial charge in [-0.2, -0.15) is 4.98 Å². The first-order valence-corrected chi connectivity index (χ1v) is 7.16. The van der Waals surface area contributed by atoms with Gasteiger partial charge in [0.2, 0.25) is 5.89 Å². The van der Waals surface area contributed by atoms with Gasteiger partial charge in [-0.3, -0.25) is 4.90 Å². The zero-order chi connectivity index (χ0) is 12.4. The SMILES string of the molecule is CCC(c1noc(C2CCC2)n1)N1CCNCC1. The number of nitrogens with one attached hydrogen (secondary N) is 1. The van der Waals surface area contributed by atoms with Crippen molar-refractivity contribution in [2.75, 3.05) is 26.2 Å². The van der Waals surface area contributed by atoms with Gasteiger partial charge < -0.3 is 9.84 Å². The largest absolute Gasteiger partial charge is 0.339 e. The van der Waals surface area contributed by atoms with E-state index in [1.54, 1.807) is 0 Å². The molecule has 1 saturated carbocycles. The summed E-state index contributed by atoms with van der Waals surface area (Å²) in [5.74, 6) is 2.29. The van der Waals surface area contributed by atoms with E-state index >= 15 is 0 Å². The Morgan fingerprint density at radius 2 is 2.17 bits per heavy atom. The molecule has 2 aliphatic rings. The van der Waals surface area contributed by atoms with Gasteiger partial charge in [-0.15, -0.1) is 0 Å². The summed E-state index contributed by atoms with van der Waals surface area (Å²) in [7, 11) is 0. The van der Waals surface area contributed by atoms with Crippen molar-refractivity contribution in [2.24, 2.45) is 0 Å². The minimum Gasteiger partial charge on any atom is -0.339 e. The predicted octanol–water partition coefficient (Wildman–Crippen LogP) is 1.69. The molecule has 0 radical (unpaired) electrons. The maximum atomic E-state index is 5.44. The fourth-order valence-corrected chi connectivity index (χ4v) is 2.80. The molecule has 5 heteroatoms. The molecule has 1 atom stereocenters. The van der Waals surface area contributed by atoms with Crippen LogP contribution in [0.2, 0.25) is 0 Å². The topological polar surface area (TPSA) is 54.2 Å². The van der Waals surface area contributed by atoms with Crippen molar-refractivity contribution in [1.82, 2.24) is 20.4 Å². The van der Waals surface area contributed by atoms with Gasteiger partial charge in [0.1, 0.15) is 0 Å². The molecule has 5 nitrogen and oxygen atoms in total. The fraction of sp³-hybridized carbons (Fsp3) is 0.846. The molecule has 1 aliphatic carbocycles. The summed E-state index contributed by atoms with van der Waals surface area (Å²) < 4.78 is 5.44. The van der Waals surface area contributed by atoms with Crippen LogP contribution in [0.3, 0.4) is 0 Å². The second-order valence-corrected chi connectivity index (χ2v) is 5.33. The van der Waals surface area contributed by atoms with Gasteiger partial charge in [-0.25, -0.2) is 0 Å². The van der Waals surface area contributed by atoms with Crippen molar-refractivity contribution >= 4 is 0 Å². The zero-order valence-electron chi connectivity index (χ0n) is 11.1. The first-order valence-electron chi connectivity index (χ1n) is 7.16. The van der Waals surface area contributed by atoms with Gasteiger partial charge in [0, 0.05) is 32.1 Å². The van der Waals surface area contributed by atoms with Crippen LogP contribution in [-0.4, -0.2) is 41.2 Å². The maximum Gasteiger partial charge on any atom is 0.229 e. The van der Waals surface area contributed by atoms with Crippen LogP contribution in [0.4, 0.5) is 0 Å². The van der Waals surface area contributed by atoms with Gasteiger partial charge in [0.05, 0.1) is 6.04 Å². The number of hydrogen-bond donors (Lipinski definition) is 1. The van der Waals surface area contributed by atoms with E-state index in [2.05, 4.69) is 27.3 Å². The minimum absolute atomic E-state index is 0.324. The van der Waals surface area contributed by atoms with Crippen LogP contribution in [-0.2, 0) is 0 Å². The van der Waals surface area contributed by atoms with E-state index in [-0.39, 0.29) is 0 Å². The van der Waals surface area contributed by atoms with Crippen molar-refractivity contribution in [1.29, 1.82) is 0 Å². The average molecular weight is 250 g/mol. The first-order chi connectivity index (χ1) is 8.88. The first kappa shape index (κ1) is 12.1. The van der Waals surface area contributed by atoms with Crippen molar-refractivity contribution < 1.29 is 4.52 Å². The Bertz CT molecular complexity index is 382. The smallest absolute Gasteiger partial charge is 0.229 e. The van der Waals surface area contributed by atoms with Crippen LogP contribution < -0.4 is 5.32 Å². The summed E-state index contributed by atoms with van der Waals surface area (Å²) in [4.78, 5) is 7.10. The molecule has 0 spiro atoms. The molecule has 0 amide bonds. The number of nitrogens with zero attached hydrogens (tertiary/aromatic N) is 3. The van der Waals surface area contributed by atoms with E-state index in [0.29, 0.717) is 12.0 Å². The molecule has 1 aromatic heterocycles. The van der Waals surface area contributed by atoms with Gasteiger partial charge in [0.25, 0.3) is 0 Å². The van der Waals surface area contributed by atoms with E-state index in [1.807, 2.05) is 0 Å². The average Bonchev–Trinajstić information content (AvgIpc) is 2.78. The molecule has 0 bridgehead atoms. The Labute approximate surface area is 108 Å². The monoisotopic (exact) mass is 250 g/mol. The summed E-state index contributed by atoms with van der Waals surface area (Å²) >= 11 is 0. The number of piperazine rings is 1. The summed E-state index contributed by atoms with van der Waals surface area (Å²) in [6.45, 7) is 6.47. The second kappa shape index (κ2) is 5.36. The van der Waals surface area contributed by atoms with Crippen molar-refractivity contribution in [3.05, 3.63) is 11.7 Å². The number of rotatable bonds is 4. The molecule has 1 unspecified atom stereocenters. The van der Waals surface area contributed by atoms with Crippen molar-refractivity contribution in [3.8, 4) is 0 Å². The molecular weight excluding hydrogens is 228 g/mol. The number of aromatic nitrogens is 2. The summed E-state index contributed by atoms with van der Waals surface area (Å²) in [5, 5.41) is 7.60. The molecule has 18 heavy (non-hydrogen) atoms. The zero-order valence-corrected chi connectivity index (χ0v) is 11.1. The molecule has 1 aliphatic heterocycles. The van der Waals surface area contributed by atoms with Crippen LogP contribution in [0, 0.1) is 0 Å². The fourth-order valence-electron chi connectivity index (χ4n) is 2.80. The van der Waals surface area contributed by atoms with Crippen LogP contribution in [0.1, 0.15) is 56.3 Å². The molecule has 3 rings (SSSR count). The Morgan fingerprint density at radius 1 is 1.39 bits per heavy atom. The normalized spacial score (nSPS) is 23.8. The molecule has 1 aromatic rings. The third-order valence-corrected chi connectivity index (χ3v) is 4.19. The highest BCUT2D eigenvalue weighted by Gasteiger charge is 2.29. The van der Waals surface area contributed by atoms with E-state index in [0.717, 1.165) is 44.3 Å². The Kier molecular flexibility index (Phi) is 3.61. The Hall–Kier alpha value is -0.940. The van der Waals surface area contributed by atoms with Crippen molar-refractivity contribution in [2.45, 2.75) is 44.6 Å². The molecular formula is C13H22N4O. The van der Waals surface area contributed by atoms with Crippen LogP contribution in [0.25, 0.3) is 0 Å². The summed E-state index contributed by atoms with van der Waals surface area (Å²) in [6, 6.07) is 0.324. The third kappa shape index (κ3) is 2.29. The molecule has 100 valence electrons. The van der Waals surface area contributed by atoms with Crippen LogP contribution >= 0.6 is 0 Å². The maximum absolute atomic E-state index is 5.44. The summed E-state index contributed by atoms with van der Waals surface area (Å²) in [6.07, 6.45) is 4.78. The molecule has 2 fully saturated rings. The minimum atomic E-state index is 0.324. The molecule has 2 heterocycles. The van der Waals surface area contributed by atoms with E-state index < -0.39 is 0 Å². The van der Waals surface area contributed by atoms with E-state index in [9.17, 15) is 0 Å². The highest BCUT2D eigenvalue weighted by Crippen LogP contribution is 2.36. The molecule has 1 N–H and O–H groups in total. The lowest BCUT2D eigenvalue weighted by Crippen LogP contribution is -2.45. The second-order valence-electron chi connectivity index (χ2n) is 5.33. The van der Waals surface area contributed by atoms with Gasteiger partial charge in [0.15, 0.2) is 5.82 Å². The van der Waals surface area contributed by atoms with Gasteiger partial charge in [-0.1, -0.05) is 18.5 Å². The lowest BCUT2D eigenvalue weighted by molar-refractivity contribution is 0.160. The Morgan fingerprint density at radius 3 is 2.78 bits per heavy atom. The quantitative estimate of drug-likeness (QED) is 0.881. The molecule has 1 saturated heterocycles. The van der Waals surface area contributed by atoms with E-state index in [4.69, 9.17) is 4.52 Å². The molecule has 0 aromatic carbocycles. The van der Waals surface area contributed by atoms with Crippen molar-refractivity contribution in [3.63, 3.8) is 0 Å². The predicted molar refractivity (Wildman–Crippen MR) is 68.4 cm³/mol. The lowest BCUT2D eigenvalue weighted by Gasteiger charge is -2.32. The summed E-state index contributed by atoms with van der Waals surface area (Å²) in [5.41, 5.74) is 0. The van der Waals surface area contributed by atoms with Crippen LogP contribution in [0.15, 0.2) is 4.52 Å². The van der Waals surface area contributed by atoms with Gasteiger partial charge in [-0.05, 0) is 19.3 Å². The van der Waals surface area contributed by atoms with Crippen LogP contribution in [0.5, 0.6) is 0 Å². The van der Waals surface area contributed by atoms with Gasteiger partial charge >= 0.3 is 0 Å². The highest BCUT2D eigenvalue weighted by atomic mass is 16.5. The highest BCUT2D eigenvalue weighted by molar-refractivity contribution is 5.01. The Balaban J connectivity index is 1.71. The lowest BCUT2D eigenvalue weighted by atomic mass is 9.85. The standard InChI is InChI=1S/C13H22N4O/c1-2-11(17-8-6-14-7-9-17)12-15-13(18-16-12)10-4-3-5-10/h10-11,14H,2-9H2,1H3. The number of hydrogen-bond acceptors (Lipinski definition) is 5. The van der Waals surface area contributed by atoms with E-state index in [1.165, 1.54) is 19.3 Å².